The van der Waals surface area contributed by atoms with Gasteiger partial charge in [-0.2, -0.15) is 4.98 Å². The van der Waals surface area contributed by atoms with Crippen LogP contribution in [0.4, 0.5) is 10.3 Å². The average Bonchev–Trinajstić information content (AvgIpc) is 3.09. The van der Waals surface area contributed by atoms with Crippen molar-refractivity contribution in [3.63, 3.8) is 0 Å². The highest BCUT2D eigenvalue weighted by Gasteiger charge is 2.26. The van der Waals surface area contributed by atoms with Crippen LogP contribution in [0.2, 0.25) is 0 Å². The number of alkyl halides is 1. The van der Waals surface area contributed by atoms with Crippen molar-refractivity contribution < 1.29 is 46.9 Å². The molecule has 0 saturated carbocycles. The molecule has 0 fully saturated rings. The molecule has 0 aromatic carbocycles. The molecule has 2 aromatic heterocycles. The number of methoxy groups -OCH3 is 1. The molecule has 2 rings (SSSR count). The summed E-state index contributed by atoms with van der Waals surface area (Å²) < 4.78 is 57.5. The lowest BCUT2D eigenvalue weighted by Crippen LogP contribution is -2.26. The van der Waals surface area contributed by atoms with Crippen molar-refractivity contribution >= 4 is 32.3 Å². The largest absolute Gasteiger partial charge is 0.382 e. The van der Waals surface area contributed by atoms with Gasteiger partial charge in [0.25, 0.3) is 5.56 Å². The van der Waals surface area contributed by atoms with Crippen LogP contribution < -0.4 is 11.3 Å². The summed E-state index contributed by atoms with van der Waals surface area (Å²) in [6, 6.07) is 0. The number of aromatic amines is 1. The minimum Gasteiger partial charge on any atom is -0.382 e. The molecule has 32 heavy (non-hydrogen) atoms. The maximum atomic E-state index is 13.4. The summed E-state index contributed by atoms with van der Waals surface area (Å²) in [5.41, 5.74) is 4.98. The number of anilines is 1. The summed E-state index contributed by atoms with van der Waals surface area (Å²) in [5, 5.41) is 0. The van der Waals surface area contributed by atoms with Gasteiger partial charge >= 0.3 is 15.2 Å². The van der Waals surface area contributed by atoms with Gasteiger partial charge in [0.15, 0.2) is 11.2 Å². The second-order valence-corrected chi connectivity index (χ2v) is 9.94. The minimum atomic E-state index is -4.46. The third-order valence-corrected chi connectivity index (χ3v) is 5.35. The van der Waals surface area contributed by atoms with Crippen molar-refractivity contribution in [1.82, 2.24) is 19.5 Å². The Morgan fingerprint density at radius 2 is 1.91 bits per heavy atom. The molecule has 2 heterocycles. The van der Waals surface area contributed by atoms with Crippen LogP contribution in [0.3, 0.4) is 0 Å². The molecule has 182 valence electrons. The Hall–Kier alpha value is -1.74. The molecule has 3 atom stereocenters. The van der Waals surface area contributed by atoms with Crippen LogP contribution in [0.25, 0.3) is 11.2 Å². The minimum absolute atomic E-state index is 0.0209. The Kier molecular flexibility index (Phi) is 9.45. The lowest BCUT2D eigenvalue weighted by molar-refractivity contribution is -0.0176. The van der Waals surface area contributed by atoms with E-state index in [4.69, 9.17) is 34.3 Å². The molecule has 0 bridgehead atoms. The Morgan fingerprint density at radius 1 is 1.22 bits per heavy atom. The van der Waals surface area contributed by atoms with Crippen LogP contribution in [0.5, 0.6) is 0 Å². The van der Waals surface area contributed by atoms with E-state index in [-0.39, 0.29) is 30.3 Å². The predicted octanol–water partition coefficient (Wildman–Crippen LogP) is -0.617. The molecule has 0 radical (unpaired) electrons. The topological polar surface area (TPSA) is 221 Å². The molecule has 0 saturated heterocycles. The smallest absolute Gasteiger partial charge is 0.353 e. The molecule has 0 amide bonds. The predicted molar refractivity (Wildman–Crippen MR) is 108 cm³/mol. The summed E-state index contributed by atoms with van der Waals surface area (Å²) in [4.78, 5) is 49.5. The van der Waals surface area contributed by atoms with E-state index in [1.807, 2.05) is 0 Å². The number of H-pyrrole nitrogens is 1. The maximum Gasteiger partial charge on any atom is 0.353 e. The number of ether oxygens (including phenoxy) is 3. The fourth-order valence-corrected chi connectivity index (χ4v) is 3.72. The molecule has 3 unspecified atom stereocenters. The molecule has 6 N–H and O–H groups in total. The summed E-state index contributed by atoms with van der Waals surface area (Å²) in [5.74, 6) is -0.165. The van der Waals surface area contributed by atoms with Crippen molar-refractivity contribution in [2.75, 3.05) is 45.4 Å². The summed E-state index contributed by atoms with van der Waals surface area (Å²) in [6.45, 7) is -1.95. The van der Waals surface area contributed by atoms with E-state index < -0.39 is 58.9 Å². The van der Waals surface area contributed by atoms with Crippen LogP contribution in [0.1, 0.15) is 0 Å². The van der Waals surface area contributed by atoms with Gasteiger partial charge in [0, 0.05) is 7.11 Å². The van der Waals surface area contributed by atoms with E-state index in [0.29, 0.717) is 0 Å². The van der Waals surface area contributed by atoms with Gasteiger partial charge in [-0.05, 0) is 0 Å². The number of nitrogens with one attached hydrogen (secondary N) is 1. The molecule has 0 aliphatic rings. The highest BCUT2D eigenvalue weighted by atomic mass is 31.2. The monoisotopic (exact) mass is 503 g/mol. The number of nitrogens with zero attached hydrogens (tertiary/aromatic N) is 3. The van der Waals surface area contributed by atoms with Crippen LogP contribution in [-0.2, 0) is 34.4 Å². The van der Waals surface area contributed by atoms with Crippen molar-refractivity contribution in [3.05, 3.63) is 16.7 Å². The molecule has 15 nitrogen and oxygen atoms in total. The SMILES string of the molecule is COCC(COP(=O)(O)COC(CF)Cn1cnc2c(=O)[nH]c(N)nc21)OCP(=O)(O)O. The van der Waals surface area contributed by atoms with E-state index in [1.54, 1.807) is 0 Å². The molecule has 2 aromatic rings. The standard InChI is InChI=1S/C14H24FN5O10P2/c1-27-4-10(28-7-31(22,23)24)5-30-32(25,26)8-29-9(2-15)3-20-6-17-11-12(20)18-14(16)19-13(11)21/h6,9-10H,2-5,7-8H2,1H3,(H,25,26)(H2,22,23,24)(H3,16,18,19,21). The third kappa shape index (κ3) is 8.31. The molecule has 0 aliphatic heterocycles. The first kappa shape index (κ1) is 26.5. The van der Waals surface area contributed by atoms with Gasteiger partial charge in [-0.1, -0.05) is 0 Å². The zero-order valence-corrected chi connectivity index (χ0v) is 18.7. The van der Waals surface area contributed by atoms with E-state index in [1.165, 1.54) is 18.0 Å². The van der Waals surface area contributed by atoms with Crippen LogP contribution >= 0.6 is 15.2 Å². The second kappa shape index (κ2) is 11.4. The highest BCUT2D eigenvalue weighted by molar-refractivity contribution is 7.52. The summed E-state index contributed by atoms with van der Waals surface area (Å²) >= 11 is 0. The number of halogens is 1. The zero-order chi connectivity index (χ0) is 23.9. The Balaban J connectivity index is 1.94. The molecule has 18 heteroatoms. The fraction of sp³-hybridized carbons (Fsp3) is 0.643. The quantitative estimate of drug-likeness (QED) is 0.203. The van der Waals surface area contributed by atoms with Gasteiger partial charge in [-0.25, -0.2) is 9.37 Å². The van der Waals surface area contributed by atoms with E-state index in [9.17, 15) is 23.2 Å². The van der Waals surface area contributed by atoms with Crippen LogP contribution in [0, 0.1) is 0 Å². The number of aromatic nitrogens is 4. The lowest BCUT2D eigenvalue weighted by Gasteiger charge is -2.21. The van der Waals surface area contributed by atoms with Gasteiger partial charge in [0.1, 0.15) is 31.6 Å². The van der Waals surface area contributed by atoms with E-state index >= 15 is 0 Å². The van der Waals surface area contributed by atoms with Gasteiger partial charge in [-0.15, -0.1) is 0 Å². The summed E-state index contributed by atoms with van der Waals surface area (Å²) in [6.07, 6.45) is -2.85. The summed E-state index contributed by atoms with van der Waals surface area (Å²) in [7, 11) is -7.56. The molecular weight excluding hydrogens is 479 g/mol. The van der Waals surface area contributed by atoms with Gasteiger partial charge < -0.3 is 43.7 Å². The fourth-order valence-electron chi connectivity index (χ4n) is 2.44. The molecule has 0 spiro atoms. The van der Waals surface area contributed by atoms with Gasteiger partial charge in [-0.3, -0.25) is 18.9 Å². The van der Waals surface area contributed by atoms with Crippen molar-refractivity contribution in [2.24, 2.45) is 0 Å². The third-order valence-electron chi connectivity index (χ3n) is 3.83. The van der Waals surface area contributed by atoms with E-state index in [2.05, 4.69) is 15.0 Å². The number of imidazole rings is 1. The Morgan fingerprint density at radius 3 is 2.53 bits per heavy atom. The van der Waals surface area contributed by atoms with Crippen LogP contribution in [-0.4, -0.2) is 86.1 Å². The van der Waals surface area contributed by atoms with Gasteiger partial charge in [0.05, 0.1) is 26.1 Å². The first-order valence-electron chi connectivity index (χ1n) is 8.93. The number of nitrogens with two attached hydrogens (primary N) is 1. The highest BCUT2D eigenvalue weighted by Crippen LogP contribution is 2.42. The number of rotatable bonds is 14. The number of nitrogen functional groups attached to an aromatic ring is 1. The first-order valence-corrected chi connectivity index (χ1v) is 12.5. The molecular formula is C14H24FN5O10P2. The van der Waals surface area contributed by atoms with Crippen LogP contribution in [0.15, 0.2) is 11.1 Å². The zero-order valence-electron chi connectivity index (χ0n) is 16.9. The first-order chi connectivity index (χ1) is 14.9. The Labute approximate surface area is 180 Å². The Bertz CT molecular complexity index is 1040. The second-order valence-electron chi connectivity index (χ2n) is 6.56. The molecule has 0 aliphatic carbocycles. The number of fused-ring (bicyclic) bond motifs is 1. The van der Waals surface area contributed by atoms with Crippen molar-refractivity contribution in [2.45, 2.75) is 18.8 Å². The van der Waals surface area contributed by atoms with Gasteiger partial charge in [0.2, 0.25) is 5.95 Å². The average molecular weight is 503 g/mol. The number of hydrogen-bond donors (Lipinski definition) is 5. The lowest BCUT2D eigenvalue weighted by atomic mass is 10.4. The maximum absolute atomic E-state index is 13.4. The van der Waals surface area contributed by atoms with Crippen molar-refractivity contribution in [3.8, 4) is 0 Å². The normalized spacial score (nSPS) is 16.2. The van der Waals surface area contributed by atoms with E-state index in [0.717, 1.165) is 0 Å². The number of hydrogen-bond acceptors (Lipinski definition) is 10. The van der Waals surface area contributed by atoms with Crippen molar-refractivity contribution in [1.29, 1.82) is 0 Å².